The first-order valence-corrected chi connectivity index (χ1v) is 11.5. The van der Waals surface area contributed by atoms with E-state index in [4.69, 9.17) is 25.8 Å². The average molecular weight is 507 g/mol. The Balaban J connectivity index is 1.56. The van der Waals surface area contributed by atoms with Crippen molar-refractivity contribution >= 4 is 41.2 Å². The number of methoxy groups -OCH3 is 1. The van der Waals surface area contributed by atoms with Gasteiger partial charge in [0.2, 0.25) is 0 Å². The van der Waals surface area contributed by atoms with Gasteiger partial charge in [-0.05, 0) is 67.1 Å². The van der Waals surface area contributed by atoms with Crippen LogP contribution in [0.15, 0.2) is 72.3 Å². The minimum absolute atomic E-state index is 0.205. The van der Waals surface area contributed by atoms with Crippen LogP contribution in [-0.4, -0.2) is 31.6 Å². The average Bonchev–Trinajstić information content (AvgIpc) is 2.87. The van der Waals surface area contributed by atoms with Crippen molar-refractivity contribution in [1.29, 1.82) is 0 Å². The third-order valence-electron chi connectivity index (χ3n) is 5.34. The maximum atomic E-state index is 13.2. The van der Waals surface area contributed by atoms with Crippen molar-refractivity contribution in [2.75, 3.05) is 18.6 Å². The van der Waals surface area contributed by atoms with Crippen LogP contribution in [0.4, 0.5) is 10.5 Å². The summed E-state index contributed by atoms with van der Waals surface area (Å²) in [4.78, 5) is 39.2. The van der Waals surface area contributed by atoms with Gasteiger partial charge in [-0.2, -0.15) is 0 Å². The van der Waals surface area contributed by atoms with Crippen LogP contribution in [0.5, 0.6) is 17.2 Å². The van der Waals surface area contributed by atoms with Gasteiger partial charge in [-0.15, -0.1) is 0 Å². The molecule has 0 aliphatic carbocycles. The second-order valence-electron chi connectivity index (χ2n) is 7.70. The molecule has 1 fully saturated rings. The highest BCUT2D eigenvalue weighted by Gasteiger charge is 2.37. The number of imide groups is 2. The van der Waals surface area contributed by atoms with Crippen LogP contribution in [0.2, 0.25) is 5.02 Å². The number of carbonyl (C=O) groups is 3. The van der Waals surface area contributed by atoms with Crippen molar-refractivity contribution in [2.45, 2.75) is 13.5 Å². The van der Waals surface area contributed by atoms with E-state index in [1.807, 2.05) is 19.1 Å². The minimum Gasteiger partial charge on any atom is -0.497 e. The van der Waals surface area contributed by atoms with E-state index in [9.17, 15) is 14.4 Å². The molecule has 0 radical (unpaired) electrons. The summed E-state index contributed by atoms with van der Waals surface area (Å²) in [5, 5.41) is 2.86. The van der Waals surface area contributed by atoms with Gasteiger partial charge in [0.15, 0.2) is 0 Å². The number of hydrogen-bond donors (Lipinski definition) is 1. The van der Waals surface area contributed by atoms with Gasteiger partial charge < -0.3 is 14.2 Å². The number of benzene rings is 3. The smallest absolute Gasteiger partial charge is 0.335 e. The fourth-order valence-electron chi connectivity index (χ4n) is 3.53. The van der Waals surface area contributed by atoms with Gasteiger partial charge in [-0.25, -0.2) is 9.69 Å². The Labute approximate surface area is 213 Å². The zero-order valence-corrected chi connectivity index (χ0v) is 20.4. The Morgan fingerprint density at radius 2 is 1.61 bits per heavy atom. The summed E-state index contributed by atoms with van der Waals surface area (Å²) in [7, 11) is 1.53. The molecule has 1 aliphatic rings. The van der Waals surface area contributed by atoms with Crippen molar-refractivity contribution in [3.63, 3.8) is 0 Å². The summed E-state index contributed by atoms with van der Waals surface area (Å²) in [6, 6.07) is 17.9. The lowest BCUT2D eigenvalue weighted by atomic mass is 10.1. The lowest BCUT2D eigenvalue weighted by Gasteiger charge is -2.26. The maximum Gasteiger partial charge on any atom is 0.335 e. The molecule has 0 unspecified atom stereocenters. The van der Waals surface area contributed by atoms with E-state index in [1.165, 1.54) is 13.2 Å². The highest BCUT2D eigenvalue weighted by molar-refractivity contribution is 6.39. The number of rotatable bonds is 8. The number of halogens is 1. The molecule has 4 amide bonds. The van der Waals surface area contributed by atoms with Crippen molar-refractivity contribution < 1.29 is 28.6 Å². The number of urea groups is 1. The van der Waals surface area contributed by atoms with Crippen molar-refractivity contribution in [3.05, 3.63) is 88.5 Å². The largest absolute Gasteiger partial charge is 0.497 e. The molecule has 8 nitrogen and oxygen atoms in total. The fourth-order valence-corrected chi connectivity index (χ4v) is 3.65. The summed E-state index contributed by atoms with van der Waals surface area (Å²) in [5.41, 5.74) is 1.52. The number of ether oxygens (including phenoxy) is 3. The molecule has 1 heterocycles. The Bertz CT molecular complexity index is 1320. The monoisotopic (exact) mass is 506 g/mol. The van der Waals surface area contributed by atoms with Gasteiger partial charge >= 0.3 is 6.03 Å². The topological polar surface area (TPSA) is 94.2 Å². The van der Waals surface area contributed by atoms with E-state index in [2.05, 4.69) is 5.32 Å². The van der Waals surface area contributed by atoms with Crippen LogP contribution >= 0.6 is 11.6 Å². The number of amides is 4. The maximum absolute atomic E-state index is 13.2. The Morgan fingerprint density at radius 1 is 0.917 bits per heavy atom. The van der Waals surface area contributed by atoms with Crippen LogP contribution in [0.1, 0.15) is 18.1 Å². The Morgan fingerprint density at radius 3 is 2.28 bits per heavy atom. The first kappa shape index (κ1) is 24.8. The normalized spacial score (nSPS) is 14.6. The lowest BCUT2D eigenvalue weighted by molar-refractivity contribution is -0.122. The molecule has 0 atom stereocenters. The predicted molar refractivity (Wildman–Crippen MR) is 135 cm³/mol. The summed E-state index contributed by atoms with van der Waals surface area (Å²) < 4.78 is 16.6. The molecule has 3 aromatic rings. The molecular formula is C27H23ClN2O6. The highest BCUT2D eigenvalue weighted by Crippen LogP contribution is 2.29. The quantitative estimate of drug-likeness (QED) is 0.341. The molecule has 0 saturated carbocycles. The predicted octanol–water partition coefficient (Wildman–Crippen LogP) is 4.99. The van der Waals surface area contributed by atoms with Gasteiger partial charge in [-0.1, -0.05) is 23.7 Å². The summed E-state index contributed by atoms with van der Waals surface area (Å²) >= 11 is 5.90. The Kier molecular flexibility index (Phi) is 7.56. The van der Waals surface area contributed by atoms with Gasteiger partial charge in [0.1, 0.15) is 29.4 Å². The molecule has 0 bridgehead atoms. The highest BCUT2D eigenvalue weighted by atomic mass is 35.5. The van der Waals surface area contributed by atoms with Crippen molar-refractivity contribution in [1.82, 2.24) is 5.32 Å². The molecule has 9 heteroatoms. The summed E-state index contributed by atoms with van der Waals surface area (Å²) in [6.07, 6.45) is 1.39. The van der Waals surface area contributed by atoms with Crippen LogP contribution in [-0.2, 0) is 16.2 Å². The third kappa shape index (κ3) is 5.50. The summed E-state index contributed by atoms with van der Waals surface area (Å²) in [6.45, 7) is 2.52. The standard InChI is InChI=1S/C27H23ClN2O6/c1-3-35-24-15-22(34-2)11-6-18(24)14-23-25(31)29-27(33)30(26(23)32)20-9-12-21(13-10-20)36-16-17-4-7-19(28)8-5-17/h4-15H,3,16H2,1-2H3,(H,29,31,33)/b23-14+. The third-order valence-corrected chi connectivity index (χ3v) is 5.59. The van der Waals surface area contributed by atoms with Gasteiger partial charge in [0.25, 0.3) is 11.8 Å². The van der Waals surface area contributed by atoms with Crippen LogP contribution in [0, 0.1) is 0 Å². The van der Waals surface area contributed by atoms with E-state index in [-0.39, 0.29) is 11.3 Å². The number of nitrogens with zero attached hydrogens (tertiary/aromatic N) is 1. The molecule has 1 N–H and O–H groups in total. The number of carbonyl (C=O) groups excluding carboxylic acids is 3. The number of hydrogen-bond acceptors (Lipinski definition) is 6. The summed E-state index contributed by atoms with van der Waals surface area (Å²) in [5.74, 6) is 0.00932. The molecule has 0 spiro atoms. The Hall–Kier alpha value is -4.30. The molecule has 1 aliphatic heterocycles. The van der Waals surface area contributed by atoms with Gasteiger partial charge in [0, 0.05) is 16.7 Å². The molecule has 4 rings (SSSR count). The molecular weight excluding hydrogens is 484 g/mol. The van der Waals surface area contributed by atoms with Crippen molar-refractivity contribution in [3.8, 4) is 17.2 Å². The first-order chi connectivity index (χ1) is 17.4. The van der Waals surface area contributed by atoms with Gasteiger partial charge in [-0.3, -0.25) is 14.9 Å². The molecule has 1 saturated heterocycles. The first-order valence-electron chi connectivity index (χ1n) is 11.1. The zero-order chi connectivity index (χ0) is 25.7. The van der Waals surface area contributed by atoms with E-state index in [0.29, 0.717) is 41.0 Å². The fraction of sp³-hybridized carbons (Fsp3) is 0.148. The number of barbiturate groups is 1. The minimum atomic E-state index is -0.836. The van der Waals surface area contributed by atoms with E-state index < -0.39 is 17.8 Å². The van der Waals surface area contributed by atoms with Gasteiger partial charge in [0.05, 0.1) is 19.4 Å². The number of anilines is 1. The van der Waals surface area contributed by atoms with Crippen LogP contribution in [0.3, 0.4) is 0 Å². The second kappa shape index (κ2) is 11.0. The molecule has 0 aromatic heterocycles. The molecule has 36 heavy (non-hydrogen) atoms. The zero-order valence-electron chi connectivity index (χ0n) is 19.6. The number of nitrogens with one attached hydrogen (secondary N) is 1. The SMILES string of the molecule is CCOc1cc(OC)ccc1/C=C1\C(=O)NC(=O)N(c2ccc(OCc3ccc(Cl)cc3)cc2)C1=O. The van der Waals surface area contributed by atoms with Crippen LogP contribution < -0.4 is 24.4 Å². The van der Waals surface area contributed by atoms with Crippen LogP contribution in [0.25, 0.3) is 6.08 Å². The van der Waals surface area contributed by atoms with E-state index in [1.54, 1.807) is 54.6 Å². The van der Waals surface area contributed by atoms with E-state index >= 15 is 0 Å². The second-order valence-corrected chi connectivity index (χ2v) is 8.14. The van der Waals surface area contributed by atoms with E-state index in [0.717, 1.165) is 10.5 Å². The lowest BCUT2D eigenvalue weighted by Crippen LogP contribution is -2.54. The molecule has 184 valence electrons. The molecule has 3 aromatic carbocycles. The van der Waals surface area contributed by atoms with Crippen molar-refractivity contribution in [2.24, 2.45) is 0 Å².